The number of nitrogens with one attached hydrogen (secondary N) is 3. The van der Waals surface area contributed by atoms with Gasteiger partial charge in [0, 0.05) is 29.9 Å². The van der Waals surface area contributed by atoms with Gasteiger partial charge < -0.3 is 25.8 Å². The van der Waals surface area contributed by atoms with Gasteiger partial charge in [0.2, 0.25) is 17.7 Å². The van der Waals surface area contributed by atoms with E-state index in [0.29, 0.717) is 35.1 Å². The van der Waals surface area contributed by atoms with Crippen LogP contribution in [0.25, 0.3) is 0 Å². The zero-order valence-corrected chi connectivity index (χ0v) is 17.4. The largest absolute Gasteiger partial charge is 0.481 e. The third kappa shape index (κ3) is 5.72. The zero-order valence-electron chi connectivity index (χ0n) is 17.4. The quantitative estimate of drug-likeness (QED) is 0.312. The Hall–Kier alpha value is -4.07. The van der Waals surface area contributed by atoms with Gasteiger partial charge in [-0.2, -0.15) is 4.98 Å². The van der Waals surface area contributed by atoms with Crippen molar-refractivity contribution in [2.45, 2.75) is 12.6 Å². The maximum absolute atomic E-state index is 13.2. The van der Waals surface area contributed by atoms with Crippen LogP contribution in [0.5, 0.6) is 11.8 Å². The van der Waals surface area contributed by atoms with Crippen LogP contribution in [0.3, 0.4) is 0 Å². The molecule has 0 spiro atoms. The standard InChI is InChI=1S/C23H25N5O3/c1-30-19-12-17(13-20(28-19)31-2)21(23(29)26-14-15-6-4-3-5-7-15)27-18-10-8-16(9-11-18)22(24)25/h3-13,21,27H,14H2,1-2H3,(H3,24,25)(H,26,29). The van der Waals surface area contributed by atoms with E-state index in [1.54, 1.807) is 36.4 Å². The fourth-order valence-corrected chi connectivity index (χ4v) is 2.98. The summed E-state index contributed by atoms with van der Waals surface area (Å²) in [5.41, 5.74) is 8.44. The molecule has 8 heteroatoms. The minimum atomic E-state index is -0.738. The summed E-state index contributed by atoms with van der Waals surface area (Å²) in [6.07, 6.45) is 0. The number of ether oxygens (including phenoxy) is 2. The Balaban J connectivity index is 1.89. The highest BCUT2D eigenvalue weighted by Gasteiger charge is 2.23. The van der Waals surface area contributed by atoms with Gasteiger partial charge in [0.25, 0.3) is 0 Å². The second kappa shape index (κ2) is 10.1. The van der Waals surface area contributed by atoms with E-state index in [1.807, 2.05) is 30.3 Å². The van der Waals surface area contributed by atoms with Crippen molar-refractivity contribution < 1.29 is 14.3 Å². The Bertz CT molecular complexity index is 1020. The number of carbonyl (C=O) groups is 1. The molecular weight excluding hydrogens is 394 g/mol. The molecule has 0 aliphatic rings. The Morgan fingerprint density at radius 2 is 1.65 bits per heavy atom. The van der Waals surface area contributed by atoms with E-state index in [4.69, 9.17) is 20.6 Å². The second-order valence-corrected chi connectivity index (χ2v) is 6.76. The van der Waals surface area contributed by atoms with E-state index < -0.39 is 6.04 Å². The Morgan fingerprint density at radius 1 is 1.03 bits per heavy atom. The number of amides is 1. The maximum Gasteiger partial charge on any atom is 0.247 e. The van der Waals surface area contributed by atoms with Gasteiger partial charge in [-0.1, -0.05) is 30.3 Å². The van der Waals surface area contributed by atoms with Crippen molar-refractivity contribution in [1.82, 2.24) is 10.3 Å². The summed E-state index contributed by atoms with van der Waals surface area (Å²) in [7, 11) is 3.01. The Kier molecular flexibility index (Phi) is 7.05. The van der Waals surface area contributed by atoms with Crippen LogP contribution in [0.1, 0.15) is 22.7 Å². The number of rotatable bonds is 9. The predicted molar refractivity (Wildman–Crippen MR) is 119 cm³/mol. The summed E-state index contributed by atoms with van der Waals surface area (Å²) in [4.78, 5) is 17.4. The first-order chi connectivity index (χ1) is 15.0. The summed E-state index contributed by atoms with van der Waals surface area (Å²) >= 11 is 0. The lowest BCUT2D eigenvalue weighted by atomic mass is 10.1. The van der Waals surface area contributed by atoms with Crippen LogP contribution in [-0.2, 0) is 11.3 Å². The zero-order chi connectivity index (χ0) is 22.2. The van der Waals surface area contributed by atoms with Crippen LogP contribution in [0.2, 0.25) is 0 Å². The summed E-state index contributed by atoms with van der Waals surface area (Å²) in [6, 6.07) is 19.3. The first-order valence-corrected chi connectivity index (χ1v) is 9.62. The number of pyridine rings is 1. The predicted octanol–water partition coefficient (Wildman–Crippen LogP) is 2.85. The van der Waals surface area contributed by atoms with Gasteiger partial charge >= 0.3 is 0 Å². The van der Waals surface area contributed by atoms with Crippen LogP contribution in [0.4, 0.5) is 5.69 Å². The molecule has 31 heavy (non-hydrogen) atoms. The van der Waals surface area contributed by atoms with E-state index in [-0.39, 0.29) is 11.7 Å². The smallest absolute Gasteiger partial charge is 0.247 e. The average molecular weight is 419 g/mol. The number of anilines is 1. The van der Waals surface area contributed by atoms with Crippen molar-refractivity contribution in [2.24, 2.45) is 5.73 Å². The average Bonchev–Trinajstić information content (AvgIpc) is 2.81. The molecule has 1 unspecified atom stereocenters. The lowest BCUT2D eigenvalue weighted by Gasteiger charge is -2.21. The summed E-state index contributed by atoms with van der Waals surface area (Å²) in [6.45, 7) is 0.389. The molecule has 3 aromatic rings. The van der Waals surface area contributed by atoms with Gasteiger partial charge in [0.15, 0.2) is 0 Å². The van der Waals surface area contributed by atoms with Crippen molar-refractivity contribution in [2.75, 3.05) is 19.5 Å². The van der Waals surface area contributed by atoms with Crippen molar-refractivity contribution in [3.8, 4) is 11.8 Å². The molecule has 8 nitrogen and oxygen atoms in total. The molecule has 1 atom stereocenters. The van der Waals surface area contributed by atoms with Gasteiger partial charge in [-0.15, -0.1) is 0 Å². The monoisotopic (exact) mass is 419 g/mol. The van der Waals surface area contributed by atoms with Gasteiger partial charge in [-0.05, 0) is 35.4 Å². The molecule has 3 rings (SSSR count). The molecule has 1 amide bonds. The molecule has 5 N–H and O–H groups in total. The normalized spacial score (nSPS) is 11.3. The van der Waals surface area contributed by atoms with Crippen molar-refractivity contribution in [1.29, 1.82) is 5.41 Å². The summed E-state index contributed by atoms with van der Waals surface area (Å²) in [5.74, 6) is 0.426. The fourth-order valence-electron chi connectivity index (χ4n) is 2.98. The number of carbonyl (C=O) groups excluding carboxylic acids is 1. The van der Waals surface area contributed by atoms with Crippen LogP contribution < -0.4 is 25.8 Å². The number of hydrogen-bond donors (Lipinski definition) is 4. The lowest BCUT2D eigenvalue weighted by molar-refractivity contribution is -0.122. The van der Waals surface area contributed by atoms with Gasteiger partial charge in [-0.3, -0.25) is 10.2 Å². The van der Waals surface area contributed by atoms with Gasteiger partial charge in [-0.25, -0.2) is 0 Å². The molecule has 0 saturated heterocycles. The van der Waals surface area contributed by atoms with E-state index in [1.165, 1.54) is 14.2 Å². The lowest BCUT2D eigenvalue weighted by Crippen LogP contribution is -2.33. The molecule has 160 valence electrons. The molecule has 2 aromatic carbocycles. The van der Waals surface area contributed by atoms with Gasteiger partial charge in [0.05, 0.1) is 14.2 Å². The van der Waals surface area contributed by atoms with E-state index in [0.717, 1.165) is 5.56 Å². The number of amidine groups is 1. The molecule has 0 aliphatic carbocycles. The number of hydrogen-bond acceptors (Lipinski definition) is 6. The van der Waals surface area contributed by atoms with Crippen molar-refractivity contribution in [3.63, 3.8) is 0 Å². The highest BCUT2D eigenvalue weighted by molar-refractivity contribution is 5.95. The van der Waals surface area contributed by atoms with Crippen LogP contribution >= 0.6 is 0 Å². The minimum Gasteiger partial charge on any atom is -0.481 e. The molecular formula is C23H25N5O3. The van der Waals surface area contributed by atoms with Crippen molar-refractivity contribution >= 4 is 17.4 Å². The number of methoxy groups -OCH3 is 2. The van der Waals surface area contributed by atoms with Crippen LogP contribution in [-0.4, -0.2) is 30.9 Å². The molecule has 1 heterocycles. The minimum absolute atomic E-state index is 0.0210. The topological polar surface area (TPSA) is 122 Å². The number of nitrogens with zero attached hydrogens (tertiary/aromatic N) is 1. The maximum atomic E-state index is 13.2. The van der Waals surface area contributed by atoms with E-state index in [2.05, 4.69) is 15.6 Å². The van der Waals surface area contributed by atoms with Crippen LogP contribution in [0.15, 0.2) is 66.7 Å². The highest BCUT2D eigenvalue weighted by Crippen LogP contribution is 2.26. The fraction of sp³-hybridized carbons (Fsp3) is 0.174. The van der Waals surface area contributed by atoms with Crippen molar-refractivity contribution in [3.05, 3.63) is 83.4 Å². The van der Waals surface area contributed by atoms with Gasteiger partial charge in [0.1, 0.15) is 11.9 Å². The number of aromatic nitrogens is 1. The third-order valence-corrected chi connectivity index (χ3v) is 4.63. The summed E-state index contributed by atoms with van der Waals surface area (Å²) < 4.78 is 10.5. The molecule has 0 bridgehead atoms. The number of nitrogen functional groups attached to an aromatic ring is 1. The molecule has 0 fully saturated rings. The second-order valence-electron chi connectivity index (χ2n) is 6.76. The SMILES string of the molecule is COc1cc(C(Nc2ccc(C(=N)N)cc2)C(=O)NCc2ccccc2)cc(OC)n1. The van der Waals surface area contributed by atoms with E-state index >= 15 is 0 Å². The number of nitrogens with two attached hydrogens (primary N) is 1. The Morgan fingerprint density at radius 3 is 2.19 bits per heavy atom. The Labute approximate surface area is 180 Å². The molecule has 0 saturated carbocycles. The first-order valence-electron chi connectivity index (χ1n) is 9.62. The molecule has 0 aliphatic heterocycles. The first kappa shape index (κ1) is 21.6. The third-order valence-electron chi connectivity index (χ3n) is 4.63. The molecule has 0 radical (unpaired) electrons. The highest BCUT2D eigenvalue weighted by atomic mass is 16.5. The summed E-state index contributed by atoms with van der Waals surface area (Å²) in [5, 5.41) is 13.7. The number of benzene rings is 2. The molecule has 1 aromatic heterocycles. The van der Waals surface area contributed by atoms with E-state index in [9.17, 15) is 4.79 Å². The van der Waals surface area contributed by atoms with Crippen LogP contribution in [0, 0.1) is 5.41 Å².